The zero-order chi connectivity index (χ0) is 20.9. The molecular formula is C23H26ClN5O. The second-order valence-corrected chi connectivity index (χ2v) is 8.18. The predicted molar refractivity (Wildman–Crippen MR) is 118 cm³/mol. The molecule has 1 amide bonds. The average molecular weight is 424 g/mol. The van der Waals surface area contributed by atoms with Gasteiger partial charge in [0.25, 0.3) is 5.91 Å². The molecule has 30 heavy (non-hydrogen) atoms. The molecule has 4 rings (SSSR count). The number of nitrogens with zero attached hydrogens (tertiary/aromatic N) is 4. The van der Waals surface area contributed by atoms with Crippen LogP contribution in [0, 0.1) is 12.8 Å². The van der Waals surface area contributed by atoms with Crippen molar-refractivity contribution in [3.05, 3.63) is 76.7 Å². The standard InChI is InChI=1S/C23H26ClN5O/c1-17-14-19(6-7-21(17)24)23(30)28-12-8-18(9-13-28)15-25-16-20-4-2-5-22(27-20)29-11-3-10-26-29/h2-7,10-11,14,18,25H,8-9,12-13,15-16H2,1H3. The number of nitrogens with one attached hydrogen (secondary N) is 1. The molecule has 1 aliphatic heterocycles. The number of halogens is 1. The highest BCUT2D eigenvalue weighted by molar-refractivity contribution is 6.31. The summed E-state index contributed by atoms with van der Waals surface area (Å²) in [4.78, 5) is 19.4. The van der Waals surface area contributed by atoms with Crippen LogP contribution in [-0.2, 0) is 6.54 Å². The first-order valence-electron chi connectivity index (χ1n) is 10.3. The van der Waals surface area contributed by atoms with Gasteiger partial charge in [-0.25, -0.2) is 9.67 Å². The number of piperidine rings is 1. The Morgan fingerprint density at radius 1 is 1.20 bits per heavy atom. The smallest absolute Gasteiger partial charge is 0.253 e. The van der Waals surface area contributed by atoms with E-state index in [1.165, 1.54) is 0 Å². The molecule has 3 heterocycles. The number of benzene rings is 1. The van der Waals surface area contributed by atoms with Gasteiger partial charge in [-0.15, -0.1) is 0 Å². The molecule has 0 aliphatic carbocycles. The summed E-state index contributed by atoms with van der Waals surface area (Å²) in [6.07, 6.45) is 5.65. The quantitative estimate of drug-likeness (QED) is 0.653. The number of aromatic nitrogens is 3. The van der Waals surface area contributed by atoms with E-state index in [2.05, 4.69) is 15.4 Å². The number of likely N-dealkylation sites (tertiary alicyclic amines) is 1. The van der Waals surface area contributed by atoms with Crippen molar-refractivity contribution in [2.75, 3.05) is 19.6 Å². The largest absolute Gasteiger partial charge is 0.339 e. The molecule has 0 atom stereocenters. The number of rotatable bonds is 6. The fourth-order valence-corrected chi connectivity index (χ4v) is 3.92. The molecule has 156 valence electrons. The van der Waals surface area contributed by atoms with E-state index >= 15 is 0 Å². The number of carbonyl (C=O) groups excluding carboxylic acids is 1. The summed E-state index contributed by atoms with van der Waals surface area (Å²) in [5, 5.41) is 8.45. The van der Waals surface area contributed by atoms with Crippen molar-refractivity contribution in [3.8, 4) is 5.82 Å². The van der Waals surface area contributed by atoms with Crippen LogP contribution in [-0.4, -0.2) is 45.2 Å². The van der Waals surface area contributed by atoms with Crippen molar-refractivity contribution in [2.45, 2.75) is 26.3 Å². The molecule has 6 nitrogen and oxygen atoms in total. The fourth-order valence-electron chi connectivity index (χ4n) is 3.80. The number of pyridine rings is 1. The lowest BCUT2D eigenvalue weighted by molar-refractivity contribution is 0.0690. The number of hydrogen-bond donors (Lipinski definition) is 1. The van der Waals surface area contributed by atoms with E-state index in [0.29, 0.717) is 10.9 Å². The van der Waals surface area contributed by atoms with Gasteiger partial charge in [0.2, 0.25) is 0 Å². The molecule has 0 bridgehead atoms. The van der Waals surface area contributed by atoms with Gasteiger partial charge in [-0.1, -0.05) is 17.7 Å². The Morgan fingerprint density at radius 3 is 2.77 bits per heavy atom. The average Bonchev–Trinajstić information content (AvgIpc) is 3.31. The van der Waals surface area contributed by atoms with Crippen LogP contribution in [0.4, 0.5) is 0 Å². The molecule has 0 saturated carbocycles. The van der Waals surface area contributed by atoms with Crippen LogP contribution in [0.3, 0.4) is 0 Å². The third-order valence-corrected chi connectivity index (χ3v) is 6.00. The van der Waals surface area contributed by atoms with E-state index in [9.17, 15) is 4.79 Å². The van der Waals surface area contributed by atoms with Crippen LogP contribution in [0.5, 0.6) is 0 Å². The van der Waals surface area contributed by atoms with Crippen molar-refractivity contribution in [1.29, 1.82) is 0 Å². The van der Waals surface area contributed by atoms with Gasteiger partial charge < -0.3 is 10.2 Å². The second-order valence-electron chi connectivity index (χ2n) is 7.77. The third-order valence-electron chi connectivity index (χ3n) is 5.58. The molecule has 1 fully saturated rings. The third kappa shape index (κ3) is 4.89. The van der Waals surface area contributed by atoms with Gasteiger partial charge >= 0.3 is 0 Å². The van der Waals surface area contributed by atoms with E-state index < -0.39 is 0 Å². The molecule has 7 heteroatoms. The van der Waals surface area contributed by atoms with Gasteiger partial charge in [0.1, 0.15) is 0 Å². The molecule has 2 aromatic heterocycles. The molecule has 0 unspecified atom stereocenters. The van der Waals surface area contributed by atoms with E-state index in [0.717, 1.165) is 61.7 Å². The summed E-state index contributed by atoms with van der Waals surface area (Å²) in [6, 6.07) is 13.4. The summed E-state index contributed by atoms with van der Waals surface area (Å²) in [5.41, 5.74) is 2.65. The summed E-state index contributed by atoms with van der Waals surface area (Å²) in [7, 11) is 0. The van der Waals surface area contributed by atoms with Gasteiger partial charge in [0.15, 0.2) is 5.82 Å². The van der Waals surface area contributed by atoms with Crippen molar-refractivity contribution >= 4 is 17.5 Å². The first-order chi connectivity index (χ1) is 14.6. The molecule has 1 N–H and O–H groups in total. The Hall–Kier alpha value is -2.70. The van der Waals surface area contributed by atoms with Crippen LogP contribution in [0.15, 0.2) is 54.9 Å². The number of amides is 1. The van der Waals surface area contributed by atoms with Crippen LogP contribution >= 0.6 is 11.6 Å². The van der Waals surface area contributed by atoms with E-state index in [1.54, 1.807) is 16.9 Å². The highest BCUT2D eigenvalue weighted by atomic mass is 35.5. The summed E-state index contributed by atoms with van der Waals surface area (Å²) >= 11 is 6.08. The van der Waals surface area contributed by atoms with Crippen LogP contribution in [0.2, 0.25) is 5.02 Å². The zero-order valence-corrected chi connectivity index (χ0v) is 17.8. The van der Waals surface area contributed by atoms with E-state index in [1.807, 2.05) is 54.4 Å². The first-order valence-corrected chi connectivity index (χ1v) is 10.7. The minimum Gasteiger partial charge on any atom is -0.339 e. The molecule has 0 spiro atoms. The van der Waals surface area contributed by atoms with Crippen molar-refractivity contribution in [2.24, 2.45) is 5.92 Å². The topological polar surface area (TPSA) is 63.1 Å². The highest BCUT2D eigenvalue weighted by Crippen LogP contribution is 2.21. The van der Waals surface area contributed by atoms with E-state index in [4.69, 9.17) is 11.6 Å². The Kier molecular flexibility index (Phi) is 6.45. The Bertz CT molecular complexity index is 997. The summed E-state index contributed by atoms with van der Waals surface area (Å²) in [5.74, 6) is 1.49. The van der Waals surface area contributed by atoms with Crippen molar-refractivity contribution < 1.29 is 4.79 Å². The van der Waals surface area contributed by atoms with Crippen LogP contribution in [0.25, 0.3) is 5.82 Å². The maximum Gasteiger partial charge on any atom is 0.253 e. The lowest BCUT2D eigenvalue weighted by Crippen LogP contribution is -2.40. The van der Waals surface area contributed by atoms with Crippen molar-refractivity contribution in [3.63, 3.8) is 0 Å². The monoisotopic (exact) mass is 423 g/mol. The molecule has 1 aromatic carbocycles. The lowest BCUT2D eigenvalue weighted by atomic mass is 9.96. The molecular weight excluding hydrogens is 398 g/mol. The van der Waals surface area contributed by atoms with Gasteiger partial charge in [-0.3, -0.25) is 4.79 Å². The predicted octanol–water partition coefficient (Wildman–Crippen LogP) is 3.87. The van der Waals surface area contributed by atoms with Crippen molar-refractivity contribution in [1.82, 2.24) is 25.0 Å². The highest BCUT2D eigenvalue weighted by Gasteiger charge is 2.23. The Balaban J connectivity index is 1.24. The summed E-state index contributed by atoms with van der Waals surface area (Å²) < 4.78 is 1.76. The molecule has 0 radical (unpaired) electrons. The Labute approximate surface area is 181 Å². The zero-order valence-electron chi connectivity index (χ0n) is 17.1. The number of hydrogen-bond acceptors (Lipinski definition) is 4. The fraction of sp³-hybridized carbons (Fsp3) is 0.348. The van der Waals surface area contributed by atoms with E-state index in [-0.39, 0.29) is 5.91 Å². The van der Waals surface area contributed by atoms with Gasteiger partial charge in [-0.05, 0) is 74.2 Å². The molecule has 1 saturated heterocycles. The maximum absolute atomic E-state index is 12.8. The SMILES string of the molecule is Cc1cc(C(=O)N2CCC(CNCc3cccc(-n4cccn4)n3)CC2)ccc1Cl. The lowest BCUT2D eigenvalue weighted by Gasteiger charge is -2.32. The van der Waals surface area contributed by atoms with Gasteiger partial charge in [-0.2, -0.15) is 5.10 Å². The molecule has 3 aromatic rings. The first kappa shape index (κ1) is 20.6. The minimum atomic E-state index is 0.0980. The Morgan fingerprint density at radius 2 is 2.03 bits per heavy atom. The number of aryl methyl sites for hydroxylation is 1. The van der Waals surface area contributed by atoms with Gasteiger partial charge in [0, 0.05) is 42.6 Å². The van der Waals surface area contributed by atoms with Crippen LogP contribution in [0.1, 0.15) is 34.5 Å². The summed E-state index contributed by atoms with van der Waals surface area (Å²) in [6.45, 7) is 5.16. The second kappa shape index (κ2) is 9.41. The molecule has 1 aliphatic rings. The minimum absolute atomic E-state index is 0.0980. The number of carbonyl (C=O) groups is 1. The normalized spacial score (nSPS) is 14.8. The van der Waals surface area contributed by atoms with Crippen LogP contribution < -0.4 is 5.32 Å². The van der Waals surface area contributed by atoms with Gasteiger partial charge in [0.05, 0.1) is 5.69 Å². The maximum atomic E-state index is 12.8.